The van der Waals surface area contributed by atoms with Crippen molar-refractivity contribution in [2.45, 2.75) is 195 Å². The molecule has 4 atom stereocenters. The predicted molar refractivity (Wildman–Crippen MR) is 156 cm³/mol. The Kier molecular flexibility index (Phi) is 14.9. The zero-order chi connectivity index (χ0) is 25.6. The average Bonchev–Trinajstić information content (AvgIpc) is 3.13. The SMILES string of the molecule is CC(C)(C)CCCCCCCCCC1OC(CCCCCCCCCC(C)(C)C)C2CCCCC12. The Balaban J connectivity index is 1.51. The fourth-order valence-electron chi connectivity index (χ4n) is 6.87. The average molecular weight is 491 g/mol. The minimum atomic E-state index is 0.516. The quantitative estimate of drug-likeness (QED) is 0.174. The second-order valence-electron chi connectivity index (χ2n) is 15.0. The summed E-state index contributed by atoms with van der Waals surface area (Å²) in [4.78, 5) is 0. The van der Waals surface area contributed by atoms with Crippen molar-refractivity contribution in [2.75, 3.05) is 0 Å². The number of unbranched alkanes of at least 4 members (excludes halogenated alkanes) is 12. The Morgan fingerprint density at radius 2 is 0.771 bits per heavy atom. The van der Waals surface area contributed by atoms with Gasteiger partial charge in [0, 0.05) is 0 Å². The maximum atomic E-state index is 6.79. The molecule has 0 aromatic heterocycles. The summed E-state index contributed by atoms with van der Waals surface area (Å²) < 4.78 is 6.79. The van der Waals surface area contributed by atoms with E-state index in [2.05, 4.69) is 41.5 Å². The molecule has 4 unspecified atom stereocenters. The van der Waals surface area contributed by atoms with Crippen molar-refractivity contribution in [3.05, 3.63) is 0 Å². The molecule has 1 heteroatoms. The van der Waals surface area contributed by atoms with E-state index in [9.17, 15) is 0 Å². The molecule has 0 aromatic rings. The summed E-state index contributed by atoms with van der Waals surface area (Å²) in [6, 6.07) is 0. The Morgan fingerprint density at radius 3 is 1.11 bits per heavy atom. The fraction of sp³-hybridized carbons (Fsp3) is 1.00. The van der Waals surface area contributed by atoms with Crippen LogP contribution in [0.4, 0.5) is 0 Å². The maximum absolute atomic E-state index is 6.79. The van der Waals surface area contributed by atoms with Gasteiger partial charge in [-0.1, -0.05) is 144 Å². The van der Waals surface area contributed by atoms with Crippen molar-refractivity contribution in [1.29, 1.82) is 0 Å². The molecule has 0 N–H and O–H groups in total. The molecule has 0 aromatic carbocycles. The lowest BCUT2D eigenvalue weighted by molar-refractivity contribution is 0.0176. The summed E-state index contributed by atoms with van der Waals surface area (Å²) >= 11 is 0. The highest BCUT2D eigenvalue weighted by molar-refractivity contribution is 4.92. The number of hydrogen-bond acceptors (Lipinski definition) is 1. The molecule has 2 aliphatic rings. The molecule has 1 aliphatic carbocycles. The van der Waals surface area contributed by atoms with Crippen LogP contribution in [0, 0.1) is 22.7 Å². The van der Waals surface area contributed by atoms with Crippen molar-refractivity contribution in [3.63, 3.8) is 0 Å². The molecule has 35 heavy (non-hydrogen) atoms. The maximum Gasteiger partial charge on any atom is 0.0610 e. The molecule has 1 saturated carbocycles. The van der Waals surface area contributed by atoms with Gasteiger partial charge in [-0.05, 0) is 61.2 Å². The second-order valence-corrected chi connectivity index (χ2v) is 15.0. The molecule has 1 aliphatic heterocycles. The summed E-state index contributed by atoms with van der Waals surface area (Å²) in [5.41, 5.74) is 1.03. The Morgan fingerprint density at radius 1 is 0.457 bits per heavy atom. The smallest absolute Gasteiger partial charge is 0.0610 e. The first-order chi connectivity index (χ1) is 16.7. The largest absolute Gasteiger partial charge is 0.374 e. The summed E-state index contributed by atoms with van der Waals surface area (Å²) in [5, 5.41) is 0. The van der Waals surface area contributed by atoms with Crippen LogP contribution < -0.4 is 0 Å². The van der Waals surface area contributed by atoms with Crippen molar-refractivity contribution in [2.24, 2.45) is 22.7 Å². The molecule has 0 radical (unpaired) electrons. The number of fused-ring (bicyclic) bond motifs is 1. The van der Waals surface area contributed by atoms with Crippen LogP contribution in [-0.4, -0.2) is 12.2 Å². The van der Waals surface area contributed by atoms with Gasteiger partial charge >= 0.3 is 0 Å². The van der Waals surface area contributed by atoms with Gasteiger partial charge in [-0.3, -0.25) is 0 Å². The minimum absolute atomic E-state index is 0.516. The van der Waals surface area contributed by atoms with Crippen molar-refractivity contribution < 1.29 is 4.74 Å². The Hall–Kier alpha value is -0.0400. The molecule has 2 fully saturated rings. The van der Waals surface area contributed by atoms with Gasteiger partial charge in [0.2, 0.25) is 0 Å². The van der Waals surface area contributed by atoms with E-state index >= 15 is 0 Å². The predicted octanol–water partition coefficient (Wildman–Crippen LogP) is 11.7. The Bertz CT molecular complexity index is 464. The van der Waals surface area contributed by atoms with Gasteiger partial charge in [0.25, 0.3) is 0 Å². The number of rotatable bonds is 18. The highest BCUT2D eigenvalue weighted by Gasteiger charge is 2.44. The van der Waals surface area contributed by atoms with Crippen LogP contribution in [0.5, 0.6) is 0 Å². The van der Waals surface area contributed by atoms with Gasteiger partial charge in [0.05, 0.1) is 12.2 Å². The Labute approximate surface area is 222 Å². The van der Waals surface area contributed by atoms with Gasteiger partial charge in [-0.2, -0.15) is 0 Å². The van der Waals surface area contributed by atoms with E-state index in [0.29, 0.717) is 23.0 Å². The van der Waals surface area contributed by atoms with Crippen molar-refractivity contribution >= 4 is 0 Å². The normalized spacial score (nSPS) is 25.2. The highest BCUT2D eigenvalue weighted by Crippen LogP contribution is 2.45. The first kappa shape index (κ1) is 31.2. The van der Waals surface area contributed by atoms with Crippen LogP contribution in [0.25, 0.3) is 0 Å². The topological polar surface area (TPSA) is 9.23 Å². The van der Waals surface area contributed by atoms with Gasteiger partial charge < -0.3 is 4.74 Å². The van der Waals surface area contributed by atoms with Gasteiger partial charge in [0.1, 0.15) is 0 Å². The van der Waals surface area contributed by atoms with E-state index in [0.717, 1.165) is 11.8 Å². The first-order valence-corrected chi connectivity index (χ1v) is 16.3. The lowest BCUT2D eigenvalue weighted by Crippen LogP contribution is -2.25. The monoisotopic (exact) mass is 491 g/mol. The summed E-state index contributed by atoms with van der Waals surface area (Å²) in [5.74, 6) is 1.79. The third-order valence-corrected chi connectivity index (χ3v) is 9.01. The van der Waals surface area contributed by atoms with E-state index < -0.39 is 0 Å². The molecule has 0 bridgehead atoms. The van der Waals surface area contributed by atoms with E-state index in [1.807, 2.05) is 0 Å². The number of hydrogen-bond donors (Lipinski definition) is 0. The summed E-state index contributed by atoms with van der Waals surface area (Å²) in [6.07, 6.45) is 32.5. The molecule has 0 amide bonds. The lowest BCUT2D eigenvalue weighted by Gasteiger charge is -2.28. The van der Waals surface area contributed by atoms with Crippen LogP contribution in [0.2, 0.25) is 0 Å². The molecule has 1 saturated heterocycles. The lowest BCUT2D eigenvalue weighted by atomic mass is 9.74. The van der Waals surface area contributed by atoms with Gasteiger partial charge in [0.15, 0.2) is 0 Å². The van der Waals surface area contributed by atoms with E-state index in [4.69, 9.17) is 4.74 Å². The minimum Gasteiger partial charge on any atom is -0.374 e. The molecule has 0 spiro atoms. The molecular weight excluding hydrogens is 424 g/mol. The zero-order valence-electron chi connectivity index (χ0n) is 25.3. The van der Waals surface area contributed by atoms with E-state index in [1.165, 1.54) is 141 Å². The van der Waals surface area contributed by atoms with Crippen molar-refractivity contribution in [1.82, 2.24) is 0 Å². The van der Waals surface area contributed by atoms with E-state index in [1.54, 1.807) is 0 Å². The molecule has 1 heterocycles. The summed E-state index contributed by atoms with van der Waals surface area (Å²) in [7, 11) is 0. The summed E-state index contributed by atoms with van der Waals surface area (Å²) in [6.45, 7) is 14.2. The van der Waals surface area contributed by atoms with Crippen LogP contribution in [-0.2, 0) is 4.74 Å². The van der Waals surface area contributed by atoms with Crippen LogP contribution >= 0.6 is 0 Å². The van der Waals surface area contributed by atoms with Crippen LogP contribution in [0.15, 0.2) is 0 Å². The number of ether oxygens (including phenoxy) is 1. The molecule has 208 valence electrons. The van der Waals surface area contributed by atoms with Gasteiger partial charge in [-0.25, -0.2) is 0 Å². The van der Waals surface area contributed by atoms with Crippen LogP contribution in [0.3, 0.4) is 0 Å². The highest BCUT2D eigenvalue weighted by atomic mass is 16.5. The third-order valence-electron chi connectivity index (χ3n) is 9.01. The molecule has 1 nitrogen and oxygen atoms in total. The standard InChI is InChI=1S/C34H66O/c1-33(2,3)27-21-15-11-7-9-13-17-25-31-29-23-19-20-24-30(29)32(35-31)26-18-14-10-8-12-16-22-28-34(4,5)6/h29-32H,7-28H2,1-6H3. The second kappa shape index (κ2) is 16.7. The molecule has 2 rings (SSSR count). The van der Waals surface area contributed by atoms with Crippen LogP contribution in [0.1, 0.15) is 183 Å². The zero-order valence-corrected chi connectivity index (χ0v) is 25.3. The molecular formula is C34H66O. The van der Waals surface area contributed by atoms with E-state index in [-0.39, 0.29) is 0 Å². The van der Waals surface area contributed by atoms with Gasteiger partial charge in [-0.15, -0.1) is 0 Å². The first-order valence-electron chi connectivity index (χ1n) is 16.3. The van der Waals surface area contributed by atoms with Crippen molar-refractivity contribution in [3.8, 4) is 0 Å². The third kappa shape index (κ3) is 14.5. The fourth-order valence-corrected chi connectivity index (χ4v) is 6.87.